The lowest BCUT2D eigenvalue weighted by molar-refractivity contribution is 0.671. The van der Waals surface area contributed by atoms with E-state index in [9.17, 15) is 0 Å². The summed E-state index contributed by atoms with van der Waals surface area (Å²) in [5.41, 5.74) is 9.65. The molecule has 0 aliphatic rings. The van der Waals surface area contributed by atoms with Crippen LogP contribution in [0, 0.1) is 0 Å². The predicted molar refractivity (Wildman–Crippen MR) is 193 cm³/mol. The van der Waals surface area contributed by atoms with Crippen molar-refractivity contribution in [3.05, 3.63) is 152 Å². The molecule has 0 N–H and O–H groups in total. The molecule has 10 rings (SSSR count). The number of aromatic nitrogens is 5. The summed E-state index contributed by atoms with van der Waals surface area (Å²) in [5, 5.41) is 3.97. The number of fused-ring (bicyclic) bond motifs is 8. The Morgan fingerprint density at radius 1 is 0.417 bits per heavy atom. The molecule has 48 heavy (non-hydrogen) atoms. The average molecular weight is 616 g/mol. The fraction of sp³-hybridized carbons (Fsp3) is 0. The van der Waals surface area contributed by atoms with Gasteiger partial charge in [0.25, 0.3) is 0 Å². The van der Waals surface area contributed by atoms with Crippen molar-refractivity contribution in [2.24, 2.45) is 0 Å². The van der Waals surface area contributed by atoms with Crippen molar-refractivity contribution < 1.29 is 4.42 Å². The van der Waals surface area contributed by atoms with Gasteiger partial charge in [-0.1, -0.05) is 127 Å². The normalized spacial score (nSPS) is 11.8. The highest BCUT2D eigenvalue weighted by molar-refractivity contribution is 6.24. The molecule has 0 bridgehead atoms. The van der Waals surface area contributed by atoms with Gasteiger partial charge in [0, 0.05) is 32.8 Å². The quantitative estimate of drug-likeness (QED) is 0.197. The molecular weight excluding hydrogens is 590 g/mol. The molecule has 0 aliphatic carbocycles. The molecular formula is C42H25N5O. The zero-order valence-corrected chi connectivity index (χ0v) is 25.6. The second kappa shape index (κ2) is 10.4. The Labute approximate surface area is 274 Å². The van der Waals surface area contributed by atoms with Gasteiger partial charge >= 0.3 is 0 Å². The summed E-state index contributed by atoms with van der Waals surface area (Å²) >= 11 is 0. The average Bonchev–Trinajstić information content (AvgIpc) is 3.71. The van der Waals surface area contributed by atoms with Crippen LogP contribution in [0.5, 0.6) is 0 Å². The lowest BCUT2D eigenvalue weighted by Gasteiger charge is -2.11. The summed E-state index contributed by atoms with van der Waals surface area (Å²) in [6.07, 6.45) is 0. The molecule has 224 valence electrons. The number of rotatable bonds is 4. The summed E-state index contributed by atoms with van der Waals surface area (Å²) in [5.74, 6) is 1.26. The highest BCUT2D eigenvalue weighted by Gasteiger charge is 2.24. The van der Waals surface area contributed by atoms with E-state index in [2.05, 4.69) is 71.3 Å². The van der Waals surface area contributed by atoms with Crippen LogP contribution < -0.4 is 0 Å². The first-order valence-corrected chi connectivity index (χ1v) is 15.9. The van der Waals surface area contributed by atoms with E-state index in [1.54, 1.807) is 0 Å². The summed E-state index contributed by atoms with van der Waals surface area (Å²) in [6, 6.07) is 51.4. The van der Waals surface area contributed by atoms with Crippen LogP contribution >= 0.6 is 0 Å². The first-order valence-electron chi connectivity index (χ1n) is 15.9. The molecule has 0 spiro atoms. The van der Waals surface area contributed by atoms with Crippen LogP contribution in [-0.2, 0) is 0 Å². The minimum Gasteiger partial charge on any atom is -0.451 e. The Morgan fingerprint density at radius 2 is 1.04 bits per heavy atom. The lowest BCUT2D eigenvalue weighted by Crippen LogP contribution is -2.03. The molecule has 4 heterocycles. The number of nitrogens with zero attached hydrogens (tertiary/aromatic N) is 5. The Balaban J connectivity index is 1.31. The predicted octanol–water partition coefficient (Wildman–Crippen LogP) is 10.4. The molecule has 6 heteroatoms. The molecule has 0 unspecified atom stereocenters. The van der Waals surface area contributed by atoms with Gasteiger partial charge in [0.1, 0.15) is 16.8 Å². The van der Waals surface area contributed by atoms with Gasteiger partial charge in [-0.2, -0.15) is 0 Å². The number of hydrogen-bond acceptors (Lipinski definition) is 5. The summed E-state index contributed by atoms with van der Waals surface area (Å²) < 4.78 is 9.03. The van der Waals surface area contributed by atoms with E-state index in [4.69, 9.17) is 24.4 Å². The molecule has 10 aromatic rings. The Bertz CT molecular complexity index is 2820. The maximum atomic E-state index is 6.88. The smallest absolute Gasteiger partial charge is 0.235 e. The van der Waals surface area contributed by atoms with Gasteiger partial charge in [0.15, 0.2) is 11.4 Å². The van der Waals surface area contributed by atoms with Crippen LogP contribution in [0.3, 0.4) is 0 Å². The standard InChI is InChI=1S/C42H25N5O/c1-4-14-26(15-5-1)36-29-20-10-12-22-32(29)43-42(46-36)47-33-23-13-11-21-30(33)35-34(47)25-24-31-38-40(48-39(31)35)37(27-16-6-2-7-17-27)44-41(45-38)28-18-8-3-9-19-28/h1-25H. The van der Waals surface area contributed by atoms with Crippen LogP contribution in [-0.4, -0.2) is 24.5 Å². The fourth-order valence-corrected chi connectivity index (χ4v) is 6.86. The third-order valence-electron chi connectivity index (χ3n) is 9.03. The summed E-state index contributed by atoms with van der Waals surface area (Å²) in [6.45, 7) is 0. The third-order valence-corrected chi connectivity index (χ3v) is 9.03. The van der Waals surface area contributed by atoms with Gasteiger partial charge in [0.2, 0.25) is 5.95 Å². The van der Waals surface area contributed by atoms with E-state index in [1.807, 2.05) is 84.9 Å². The fourth-order valence-electron chi connectivity index (χ4n) is 6.86. The largest absolute Gasteiger partial charge is 0.451 e. The molecule has 0 amide bonds. The molecule has 0 radical (unpaired) electrons. The minimum absolute atomic E-state index is 0.602. The van der Waals surface area contributed by atoms with Gasteiger partial charge in [-0.25, -0.2) is 19.9 Å². The highest BCUT2D eigenvalue weighted by atomic mass is 16.3. The van der Waals surface area contributed by atoms with E-state index in [1.165, 1.54) is 0 Å². The van der Waals surface area contributed by atoms with Crippen molar-refractivity contribution in [3.63, 3.8) is 0 Å². The molecule has 0 aliphatic heterocycles. The van der Waals surface area contributed by atoms with Crippen LogP contribution in [0.4, 0.5) is 0 Å². The molecule has 0 saturated heterocycles. The van der Waals surface area contributed by atoms with Gasteiger partial charge < -0.3 is 4.42 Å². The monoisotopic (exact) mass is 615 g/mol. The number of benzene rings is 6. The maximum Gasteiger partial charge on any atom is 0.235 e. The van der Waals surface area contributed by atoms with Crippen molar-refractivity contribution in [2.45, 2.75) is 0 Å². The van der Waals surface area contributed by atoms with Gasteiger partial charge in [-0.3, -0.25) is 4.57 Å². The molecule has 0 atom stereocenters. The van der Waals surface area contributed by atoms with E-state index in [-0.39, 0.29) is 0 Å². The SMILES string of the molecule is c1ccc(-c2nc(-c3ccccc3)c3oc4c(ccc5c4c4ccccc4n5-c4nc(-c5ccccc5)c5ccccc5n4)c3n2)cc1. The van der Waals surface area contributed by atoms with Gasteiger partial charge in [0.05, 0.1) is 27.6 Å². The van der Waals surface area contributed by atoms with Crippen LogP contribution in [0.2, 0.25) is 0 Å². The van der Waals surface area contributed by atoms with Crippen LogP contribution in [0.1, 0.15) is 0 Å². The van der Waals surface area contributed by atoms with Gasteiger partial charge in [-0.15, -0.1) is 0 Å². The van der Waals surface area contributed by atoms with E-state index >= 15 is 0 Å². The summed E-state index contributed by atoms with van der Waals surface area (Å²) in [4.78, 5) is 20.5. The van der Waals surface area contributed by atoms with E-state index in [0.717, 1.165) is 77.3 Å². The van der Waals surface area contributed by atoms with Crippen molar-refractivity contribution in [1.29, 1.82) is 0 Å². The topological polar surface area (TPSA) is 69.6 Å². The minimum atomic E-state index is 0.602. The number of para-hydroxylation sites is 2. The van der Waals surface area contributed by atoms with E-state index < -0.39 is 0 Å². The van der Waals surface area contributed by atoms with E-state index in [0.29, 0.717) is 17.4 Å². The van der Waals surface area contributed by atoms with Crippen molar-refractivity contribution in [3.8, 4) is 39.9 Å². The number of hydrogen-bond donors (Lipinski definition) is 0. The second-order valence-corrected chi connectivity index (χ2v) is 11.9. The first kappa shape index (κ1) is 26.5. The van der Waals surface area contributed by atoms with Crippen molar-refractivity contribution in [1.82, 2.24) is 24.5 Å². The molecule has 4 aromatic heterocycles. The Kier molecular flexibility index (Phi) is 5.77. The molecule has 0 saturated carbocycles. The van der Waals surface area contributed by atoms with Crippen molar-refractivity contribution >= 4 is 54.8 Å². The molecule has 6 nitrogen and oxygen atoms in total. The highest BCUT2D eigenvalue weighted by Crippen LogP contribution is 2.42. The zero-order chi connectivity index (χ0) is 31.6. The lowest BCUT2D eigenvalue weighted by atomic mass is 10.1. The first-order chi connectivity index (χ1) is 23.8. The van der Waals surface area contributed by atoms with Crippen molar-refractivity contribution in [2.75, 3.05) is 0 Å². The number of furan rings is 1. The molecule has 0 fully saturated rings. The molecule has 6 aromatic carbocycles. The Morgan fingerprint density at radius 3 is 1.79 bits per heavy atom. The zero-order valence-electron chi connectivity index (χ0n) is 25.6. The summed E-state index contributed by atoms with van der Waals surface area (Å²) in [7, 11) is 0. The Hall–Kier alpha value is -6.66. The third kappa shape index (κ3) is 3.99. The van der Waals surface area contributed by atoms with Gasteiger partial charge in [-0.05, 0) is 24.3 Å². The second-order valence-electron chi connectivity index (χ2n) is 11.9. The van der Waals surface area contributed by atoms with Crippen LogP contribution in [0.15, 0.2) is 156 Å². The van der Waals surface area contributed by atoms with Crippen LogP contribution in [0.25, 0.3) is 94.6 Å². The maximum absolute atomic E-state index is 6.88.